The van der Waals surface area contributed by atoms with Crippen LogP contribution in [0.5, 0.6) is 5.75 Å². The number of benzene rings is 1. The molecule has 126 valence electrons. The Labute approximate surface area is 141 Å². The number of carbonyl (C=O) groups is 2. The molecule has 1 aromatic carbocycles. The van der Waals surface area contributed by atoms with Crippen molar-refractivity contribution in [3.8, 4) is 5.75 Å². The predicted molar refractivity (Wildman–Crippen MR) is 91.3 cm³/mol. The molecule has 0 atom stereocenters. The summed E-state index contributed by atoms with van der Waals surface area (Å²) < 4.78 is 5.29. The van der Waals surface area contributed by atoms with E-state index in [0.717, 1.165) is 25.7 Å². The van der Waals surface area contributed by atoms with Gasteiger partial charge in [-0.25, -0.2) is 0 Å². The molecule has 0 spiro atoms. The molecular formula is C17H23ClN2O3. The van der Waals surface area contributed by atoms with E-state index in [0.29, 0.717) is 22.0 Å². The number of hydrogen-bond acceptors (Lipinski definition) is 3. The summed E-state index contributed by atoms with van der Waals surface area (Å²) in [6.07, 6.45) is 6.76. The van der Waals surface area contributed by atoms with Gasteiger partial charge in [-0.15, -0.1) is 0 Å². The number of halogens is 1. The highest BCUT2D eigenvalue weighted by molar-refractivity contribution is 6.34. The number of amides is 2. The minimum atomic E-state index is -0.232. The normalized spacial score (nSPS) is 15.6. The maximum atomic E-state index is 12.6. The van der Waals surface area contributed by atoms with Gasteiger partial charge in [0.05, 0.1) is 23.4 Å². The van der Waals surface area contributed by atoms with Crippen molar-refractivity contribution in [2.24, 2.45) is 0 Å². The van der Waals surface area contributed by atoms with Crippen LogP contribution in [-0.4, -0.2) is 25.0 Å². The predicted octanol–water partition coefficient (Wildman–Crippen LogP) is 3.76. The number of anilines is 1. The number of carbonyl (C=O) groups excluding carboxylic acids is 2. The van der Waals surface area contributed by atoms with E-state index in [1.165, 1.54) is 32.9 Å². The van der Waals surface area contributed by atoms with Gasteiger partial charge in [-0.2, -0.15) is 0 Å². The van der Waals surface area contributed by atoms with E-state index in [-0.39, 0.29) is 17.9 Å². The smallest absolute Gasteiger partial charge is 0.255 e. The number of ether oxygens (including phenoxy) is 1. The number of hydrogen-bond donors (Lipinski definition) is 2. The van der Waals surface area contributed by atoms with Crippen LogP contribution < -0.4 is 15.4 Å². The van der Waals surface area contributed by atoms with E-state index < -0.39 is 0 Å². The average Bonchev–Trinajstić information content (AvgIpc) is 2.77. The van der Waals surface area contributed by atoms with Crippen molar-refractivity contribution in [3.63, 3.8) is 0 Å². The molecule has 2 N–H and O–H groups in total. The van der Waals surface area contributed by atoms with Crippen LogP contribution in [0.2, 0.25) is 5.02 Å². The SMILES string of the molecule is COc1cc(NC(C)=O)c(Cl)cc1C(=O)NC1CCCCCC1. The highest BCUT2D eigenvalue weighted by Gasteiger charge is 2.20. The van der Waals surface area contributed by atoms with E-state index >= 15 is 0 Å². The van der Waals surface area contributed by atoms with E-state index in [2.05, 4.69) is 10.6 Å². The molecule has 1 aliphatic rings. The molecule has 0 saturated heterocycles. The Balaban J connectivity index is 2.18. The molecule has 0 heterocycles. The first-order valence-corrected chi connectivity index (χ1v) is 8.35. The molecule has 1 saturated carbocycles. The molecule has 0 radical (unpaired) electrons. The summed E-state index contributed by atoms with van der Waals surface area (Å²) in [7, 11) is 1.49. The van der Waals surface area contributed by atoms with Crippen LogP contribution in [0.3, 0.4) is 0 Å². The first kappa shape index (κ1) is 17.6. The van der Waals surface area contributed by atoms with Gasteiger partial charge in [-0.3, -0.25) is 9.59 Å². The fourth-order valence-corrected chi connectivity index (χ4v) is 3.08. The van der Waals surface area contributed by atoms with Gasteiger partial charge in [0.25, 0.3) is 5.91 Å². The molecule has 6 heteroatoms. The second-order valence-electron chi connectivity index (χ2n) is 5.88. The third-order valence-electron chi connectivity index (χ3n) is 4.03. The highest BCUT2D eigenvalue weighted by Crippen LogP contribution is 2.31. The minimum absolute atomic E-state index is 0.190. The zero-order valence-electron chi connectivity index (χ0n) is 13.6. The Morgan fingerprint density at radius 1 is 1.17 bits per heavy atom. The summed E-state index contributed by atoms with van der Waals surface area (Å²) in [5, 5.41) is 6.01. The second-order valence-corrected chi connectivity index (χ2v) is 6.28. The van der Waals surface area contributed by atoms with Gasteiger partial charge in [0, 0.05) is 19.0 Å². The van der Waals surface area contributed by atoms with Crippen LogP contribution in [-0.2, 0) is 4.79 Å². The molecule has 1 fully saturated rings. The molecule has 0 aromatic heterocycles. The van der Waals surface area contributed by atoms with Crippen molar-refractivity contribution in [1.82, 2.24) is 5.32 Å². The molecule has 2 rings (SSSR count). The molecule has 23 heavy (non-hydrogen) atoms. The van der Waals surface area contributed by atoms with Crippen molar-refractivity contribution in [2.45, 2.75) is 51.5 Å². The van der Waals surface area contributed by atoms with Gasteiger partial charge >= 0.3 is 0 Å². The first-order valence-electron chi connectivity index (χ1n) is 7.97. The maximum absolute atomic E-state index is 12.6. The van der Waals surface area contributed by atoms with E-state index in [1.54, 1.807) is 6.07 Å². The van der Waals surface area contributed by atoms with Crippen molar-refractivity contribution in [1.29, 1.82) is 0 Å². The van der Waals surface area contributed by atoms with Crippen LogP contribution in [0.1, 0.15) is 55.8 Å². The standard InChI is InChI=1S/C17H23ClN2O3/c1-11(21)19-15-10-16(23-2)13(9-14(15)18)17(22)20-12-7-5-3-4-6-8-12/h9-10,12H,3-8H2,1-2H3,(H,19,21)(H,20,22). The Morgan fingerprint density at radius 2 is 1.83 bits per heavy atom. The van der Waals surface area contributed by atoms with Crippen LogP contribution in [0.25, 0.3) is 0 Å². The third-order valence-corrected chi connectivity index (χ3v) is 4.35. The van der Waals surface area contributed by atoms with E-state index in [9.17, 15) is 9.59 Å². The fourth-order valence-electron chi connectivity index (χ4n) is 2.87. The summed E-state index contributed by atoms with van der Waals surface area (Å²) in [6.45, 7) is 1.40. The van der Waals surface area contributed by atoms with Gasteiger partial charge in [-0.05, 0) is 18.9 Å². The number of nitrogens with one attached hydrogen (secondary N) is 2. The Morgan fingerprint density at radius 3 is 2.39 bits per heavy atom. The zero-order valence-corrected chi connectivity index (χ0v) is 14.3. The van der Waals surface area contributed by atoms with Crippen LogP contribution >= 0.6 is 11.6 Å². The van der Waals surface area contributed by atoms with Gasteiger partial charge in [-0.1, -0.05) is 37.3 Å². The molecule has 0 bridgehead atoms. The molecule has 2 amide bonds. The molecule has 0 unspecified atom stereocenters. The van der Waals surface area contributed by atoms with Gasteiger partial charge in [0.1, 0.15) is 5.75 Å². The lowest BCUT2D eigenvalue weighted by Gasteiger charge is -2.18. The topological polar surface area (TPSA) is 67.4 Å². The third kappa shape index (κ3) is 4.86. The Kier molecular flexibility index (Phi) is 6.28. The zero-order chi connectivity index (χ0) is 16.8. The van der Waals surface area contributed by atoms with Crippen molar-refractivity contribution >= 4 is 29.1 Å². The maximum Gasteiger partial charge on any atom is 0.255 e. The minimum Gasteiger partial charge on any atom is -0.496 e. The van der Waals surface area contributed by atoms with E-state index in [1.807, 2.05) is 0 Å². The summed E-state index contributed by atoms with van der Waals surface area (Å²) >= 11 is 6.17. The summed E-state index contributed by atoms with van der Waals surface area (Å²) in [5.74, 6) is -0.0288. The summed E-state index contributed by atoms with van der Waals surface area (Å²) in [6, 6.07) is 3.31. The van der Waals surface area contributed by atoms with Crippen molar-refractivity contribution in [2.75, 3.05) is 12.4 Å². The van der Waals surface area contributed by atoms with Gasteiger partial charge < -0.3 is 15.4 Å². The number of rotatable bonds is 4. The van der Waals surface area contributed by atoms with Gasteiger partial charge in [0.2, 0.25) is 5.91 Å². The second kappa shape index (κ2) is 8.20. The lowest BCUT2D eigenvalue weighted by Crippen LogP contribution is -2.34. The fraction of sp³-hybridized carbons (Fsp3) is 0.529. The lowest BCUT2D eigenvalue weighted by atomic mass is 10.1. The van der Waals surface area contributed by atoms with Crippen molar-refractivity contribution in [3.05, 3.63) is 22.7 Å². The summed E-state index contributed by atoms with van der Waals surface area (Å²) in [5.41, 5.74) is 0.817. The average molecular weight is 339 g/mol. The Bertz CT molecular complexity index is 581. The first-order chi connectivity index (χ1) is 11.0. The Hall–Kier alpha value is -1.75. The summed E-state index contributed by atoms with van der Waals surface area (Å²) in [4.78, 5) is 23.7. The largest absolute Gasteiger partial charge is 0.496 e. The lowest BCUT2D eigenvalue weighted by molar-refractivity contribution is -0.114. The van der Waals surface area contributed by atoms with Crippen LogP contribution in [0, 0.1) is 0 Å². The molecule has 0 aliphatic heterocycles. The van der Waals surface area contributed by atoms with Crippen molar-refractivity contribution < 1.29 is 14.3 Å². The highest BCUT2D eigenvalue weighted by atomic mass is 35.5. The molecule has 1 aliphatic carbocycles. The molecule has 5 nitrogen and oxygen atoms in total. The monoisotopic (exact) mass is 338 g/mol. The van der Waals surface area contributed by atoms with Crippen LogP contribution in [0.4, 0.5) is 5.69 Å². The molecule has 1 aromatic rings. The molecular weight excluding hydrogens is 316 g/mol. The van der Waals surface area contributed by atoms with E-state index in [4.69, 9.17) is 16.3 Å². The van der Waals surface area contributed by atoms with Gasteiger partial charge in [0.15, 0.2) is 0 Å². The quantitative estimate of drug-likeness (QED) is 0.821. The van der Waals surface area contributed by atoms with Crippen LogP contribution in [0.15, 0.2) is 12.1 Å². The number of methoxy groups -OCH3 is 1.